The smallest absolute Gasteiger partial charge is 0.0743 e. The summed E-state index contributed by atoms with van der Waals surface area (Å²) in [5.41, 5.74) is 17.8. The van der Waals surface area contributed by atoms with Crippen LogP contribution in [0.15, 0.2) is 138 Å². The molecule has 0 N–H and O–H groups in total. The normalized spacial score (nSPS) is 16.1. The minimum Gasteiger partial charge on any atom is -0.308 e. The number of anilines is 3. The third-order valence-corrected chi connectivity index (χ3v) is 18.9. The van der Waals surface area contributed by atoms with Crippen molar-refractivity contribution < 1.29 is 0 Å². The van der Waals surface area contributed by atoms with Crippen LogP contribution in [0.4, 0.5) is 17.1 Å². The van der Waals surface area contributed by atoms with Crippen molar-refractivity contribution in [1.29, 1.82) is 0 Å². The summed E-state index contributed by atoms with van der Waals surface area (Å²) in [6, 6.07) is 49.9. The second-order valence-electron chi connectivity index (χ2n) is 17.4. The number of hydrogen-bond acceptors (Lipinski definition) is 5. The first kappa shape index (κ1) is 32.3. The summed E-state index contributed by atoms with van der Waals surface area (Å²) in [7, 11) is 0. The topological polar surface area (TPSA) is 3.24 Å². The second-order valence-corrected chi connectivity index (χ2v) is 21.4. The number of aryl methyl sites for hydroxylation is 2. The molecule has 0 fully saturated rings. The molecule has 3 aliphatic carbocycles. The van der Waals surface area contributed by atoms with Gasteiger partial charge in [-0.15, -0.1) is 45.3 Å². The van der Waals surface area contributed by atoms with E-state index in [4.69, 9.17) is 0 Å². The zero-order valence-corrected chi connectivity index (χ0v) is 35.5. The van der Waals surface area contributed by atoms with E-state index in [0.29, 0.717) is 0 Å². The zero-order valence-electron chi connectivity index (χ0n) is 32.3. The number of para-hydroxylation sites is 1. The van der Waals surface area contributed by atoms with Crippen molar-refractivity contribution in [3.8, 4) is 20.9 Å². The lowest BCUT2D eigenvalue weighted by atomic mass is 9.61. The molecule has 278 valence electrons. The van der Waals surface area contributed by atoms with Gasteiger partial charge in [0.1, 0.15) is 0 Å². The SMILES string of the molecule is CC1(C)c2ccccc2N(c2cccc3c2sc2c4c(ccc23)C2(c3ccsc3-c3sccc32)c2ccc3c5c(ccc-4c25)CC3)c2cc3sc4ccccc4c3cc21. The van der Waals surface area contributed by atoms with E-state index in [1.807, 2.05) is 45.3 Å². The van der Waals surface area contributed by atoms with Gasteiger partial charge in [0.2, 0.25) is 0 Å². The Balaban J connectivity index is 1.06. The first-order valence-corrected chi connectivity index (χ1v) is 24.0. The molecule has 0 unspecified atom stereocenters. The van der Waals surface area contributed by atoms with Crippen LogP contribution in [0.3, 0.4) is 0 Å². The Morgan fingerprint density at radius 3 is 2.03 bits per heavy atom. The maximum absolute atomic E-state index is 2.61. The van der Waals surface area contributed by atoms with Crippen LogP contribution in [0.25, 0.3) is 72.0 Å². The predicted molar refractivity (Wildman–Crippen MR) is 256 cm³/mol. The van der Waals surface area contributed by atoms with E-state index < -0.39 is 0 Å². The molecule has 0 atom stereocenters. The molecule has 5 heterocycles. The van der Waals surface area contributed by atoms with Crippen LogP contribution in [0.5, 0.6) is 0 Å². The largest absolute Gasteiger partial charge is 0.308 e. The molecule has 5 heteroatoms. The highest BCUT2D eigenvalue weighted by Crippen LogP contribution is 2.66. The average molecular weight is 824 g/mol. The fourth-order valence-electron chi connectivity index (χ4n) is 12.1. The molecule has 4 aromatic heterocycles. The highest BCUT2D eigenvalue weighted by Gasteiger charge is 2.52. The summed E-state index contributed by atoms with van der Waals surface area (Å²) < 4.78 is 5.43. The quantitative estimate of drug-likeness (QED) is 0.159. The van der Waals surface area contributed by atoms with Crippen molar-refractivity contribution in [3.63, 3.8) is 0 Å². The summed E-state index contributed by atoms with van der Waals surface area (Å²) >= 11 is 7.75. The molecule has 0 saturated heterocycles. The van der Waals surface area contributed by atoms with Gasteiger partial charge in [-0.2, -0.15) is 0 Å². The van der Waals surface area contributed by atoms with Crippen molar-refractivity contribution in [2.45, 2.75) is 37.5 Å². The number of fused-ring (bicyclic) bond motifs is 18. The molecule has 0 amide bonds. The van der Waals surface area contributed by atoms with Gasteiger partial charge in [-0.25, -0.2) is 0 Å². The lowest BCUT2D eigenvalue weighted by Crippen LogP contribution is -2.31. The lowest BCUT2D eigenvalue weighted by molar-refractivity contribution is 0.633. The molecular formula is C54H33NS4. The molecule has 11 aromatic rings. The molecule has 1 aliphatic heterocycles. The number of hydrogen-bond donors (Lipinski definition) is 0. The Bertz CT molecular complexity index is 3680. The minimum absolute atomic E-state index is 0.170. The molecule has 0 saturated carbocycles. The van der Waals surface area contributed by atoms with Crippen molar-refractivity contribution >= 4 is 114 Å². The van der Waals surface area contributed by atoms with Gasteiger partial charge in [0, 0.05) is 56.4 Å². The van der Waals surface area contributed by atoms with Crippen molar-refractivity contribution in [1.82, 2.24) is 0 Å². The first-order valence-electron chi connectivity index (χ1n) is 20.6. The van der Waals surface area contributed by atoms with E-state index >= 15 is 0 Å². The highest BCUT2D eigenvalue weighted by molar-refractivity contribution is 7.27. The molecule has 0 bridgehead atoms. The summed E-state index contributed by atoms with van der Waals surface area (Å²) in [6.45, 7) is 4.83. The van der Waals surface area contributed by atoms with Crippen LogP contribution in [0, 0.1) is 0 Å². The Labute approximate surface area is 357 Å². The summed E-state index contributed by atoms with van der Waals surface area (Å²) in [5, 5.41) is 13.1. The molecule has 7 aromatic carbocycles. The second kappa shape index (κ2) is 10.8. The van der Waals surface area contributed by atoms with Crippen LogP contribution in [0.1, 0.15) is 58.4 Å². The Kier molecular flexibility index (Phi) is 5.91. The van der Waals surface area contributed by atoms with Gasteiger partial charge in [-0.1, -0.05) is 98.8 Å². The predicted octanol–water partition coefficient (Wildman–Crippen LogP) is 16.2. The zero-order chi connectivity index (χ0) is 38.5. The highest BCUT2D eigenvalue weighted by atomic mass is 32.1. The molecular weight excluding hydrogens is 791 g/mol. The molecule has 15 rings (SSSR count). The maximum Gasteiger partial charge on any atom is 0.0743 e. The number of nitrogens with zero attached hydrogens (tertiary/aromatic N) is 1. The van der Waals surface area contributed by atoms with E-state index in [1.165, 1.54) is 134 Å². The summed E-state index contributed by atoms with van der Waals surface area (Å²) in [4.78, 5) is 5.50. The fraction of sp³-hybridized carbons (Fsp3) is 0.111. The van der Waals surface area contributed by atoms with Crippen LogP contribution in [-0.2, 0) is 23.7 Å². The third-order valence-electron chi connectivity index (χ3n) is 14.5. The fourth-order valence-corrected chi connectivity index (χ4v) is 16.6. The van der Waals surface area contributed by atoms with E-state index in [2.05, 4.69) is 157 Å². The van der Waals surface area contributed by atoms with Crippen LogP contribution < -0.4 is 4.90 Å². The number of benzene rings is 7. The Morgan fingerprint density at radius 1 is 0.475 bits per heavy atom. The van der Waals surface area contributed by atoms with Gasteiger partial charge >= 0.3 is 0 Å². The van der Waals surface area contributed by atoms with Crippen LogP contribution in [-0.4, -0.2) is 0 Å². The van der Waals surface area contributed by atoms with Crippen molar-refractivity contribution in [2.24, 2.45) is 0 Å². The summed E-state index contributed by atoms with van der Waals surface area (Å²) in [5.74, 6) is 0. The molecule has 4 aliphatic rings. The van der Waals surface area contributed by atoms with E-state index in [0.717, 1.165) is 12.8 Å². The van der Waals surface area contributed by atoms with Gasteiger partial charge in [0.25, 0.3) is 0 Å². The van der Waals surface area contributed by atoms with Crippen molar-refractivity contribution in [2.75, 3.05) is 4.90 Å². The van der Waals surface area contributed by atoms with Gasteiger partial charge < -0.3 is 4.90 Å². The van der Waals surface area contributed by atoms with Crippen LogP contribution >= 0.6 is 45.3 Å². The Hall–Kier alpha value is -5.56. The summed E-state index contributed by atoms with van der Waals surface area (Å²) in [6.07, 6.45) is 2.26. The standard InChI is InChI=1S/C54H33NS4/c1-53(2)35-10-4-5-11-41(35)55(43-27-45-34(26-40(43)53)30-8-3-6-13-44(30)58-45)42-12-7-9-31-32-19-21-37-48(50(32)59-49(31)42)33-18-16-28-14-15-29-17-20-36(47(33)46(28)29)54(37)38-22-24-56-51(38)52-39(54)23-25-57-52/h3-13,16-27H,14-15H2,1-2H3. The molecule has 1 nitrogen and oxygen atoms in total. The number of rotatable bonds is 1. The maximum atomic E-state index is 2.61. The van der Waals surface area contributed by atoms with E-state index in [9.17, 15) is 0 Å². The minimum atomic E-state index is -0.341. The van der Waals surface area contributed by atoms with E-state index in [-0.39, 0.29) is 10.8 Å². The molecule has 0 radical (unpaired) electrons. The lowest BCUT2D eigenvalue weighted by Gasteiger charge is -2.42. The third kappa shape index (κ3) is 3.68. The van der Waals surface area contributed by atoms with Gasteiger partial charge in [0.05, 0.1) is 27.2 Å². The average Bonchev–Trinajstić information content (AvgIpc) is 4.12. The van der Waals surface area contributed by atoms with Crippen molar-refractivity contribution in [3.05, 3.63) is 183 Å². The number of thiophene rings is 4. The van der Waals surface area contributed by atoms with Gasteiger partial charge in [-0.05, 0) is 127 Å². The van der Waals surface area contributed by atoms with Gasteiger partial charge in [-0.3, -0.25) is 0 Å². The van der Waals surface area contributed by atoms with E-state index in [1.54, 1.807) is 0 Å². The molecule has 1 spiro atoms. The molecule has 59 heavy (non-hydrogen) atoms. The first-order chi connectivity index (χ1) is 29.0. The van der Waals surface area contributed by atoms with Gasteiger partial charge in [0.15, 0.2) is 0 Å². The monoisotopic (exact) mass is 823 g/mol. The van der Waals surface area contributed by atoms with Crippen LogP contribution in [0.2, 0.25) is 0 Å². The Morgan fingerprint density at radius 2 is 1.19 bits per heavy atom.